The molecule has 0 saturated carbocycles. The van der Waals surface area contributed by atoms with Crippen LogP contribution in [0.4, 0.5) is 0 Å². The number of nitrogens with two attached hydrogens (primary N) is 1. The molecule has 1 aromatic heterocycles. The van der Waals surface area contributed by atoms with Gasteiger partial charge in [0.15, 0.2) is 4.77 Å². The van der Waals surface area contributed by atoms with Crippen LogP contribution in [0.2, 0.25) is 0 Å². The Hall–Kier alpha value is -0.810. The highest BCUT2D eigenvalue weighted by Gasteiger charge is 2.18. The van der Waals surface area contributed by atoms with E-state index in [2.05, 4.69) is 4.98 Å². The Morgan fingerprint density at radius 1 is 1.67 bits per heavy atom. The second-order valence-electron chi connectivity index (χ2n) is 2.75. The minimum absolute atomic E-state index is 0.585. The Balaban J connectivity index is 2.45. The summed E-state index contributed by atoms with van der Waals surface area (Å²) in [7, 11) is 0. The zero-order valence-electron chi connectivity index (χ0n) is 6.67. The number of rotatable bonds is 2. The maximum atomic E-state index is 5.45. The van der Waals surface area contributed by atoms with E-state index in [0.29, 0.717) is 11.3 Å². The molecule has 1 aliphatic rings. The number of ether oxygens (including phenoxy) is 1. The van der Waals surface area contributed by atoms with Crippen LogP contribution in [-0.4, -0.2) is 22.7 Å². The van der Waals surface area contributed by atoms with Gasteiger partial charge < -0.3 is 15.5 Å². The fraction of sp³-hybridized carbons (Fsp3) is 0.571. The van der Waals surface area contributed by atoms with Gasteiger partial charge in [0.25, 0.3) is 0 Å². The first kappa shape index (κ1) is 7.82. The van der Waals surface area contributed by atoms with Crippen LogP contribution in [0.5, 0.6) is 5.88 Å². The van der Waals surface area contributed by atoms with Crippen LogP contribution in [0.3, 0.4) is 0 Å². The molecular weight excluding hydrogens is 174 g/mol. The summed E-state index contributed by atoms with van der Waals surface area (Å²) in [5.41, 5.74) is 6.55. The SMILES string of the molecule is NCCn1c2c([nH]c1=S)CCO2. The molecule has 2 heterocycles. The average molecular weight is 185 g/mol. The van der Waals surface area contributed by atoms with Crippen LogP contribution in [0.15, 0.2) is 0 Å². The number of hydrogen-bond acceptors (Lipinski definition) is 3. The number of hydrogen-bond donors (Lipinski definition) is 2. The standard InChI is InChI=1S/C7H11N3OS/c8-2-3-10-6-5(1-4-11-6)9-7(10)12/h1-4,8H2,(H,9,12). The fourth-order valence-electron chi connectivity index (χ4n) is 1.42. The molecule has 12 heavy (non-hydrogen) atoms. The Labute approximate surface area is 75.3 Å². The molecular formula is C7H11N3OS. The van der Waals surface area contributed by atoms with Crippen molar-refractivity contribution in [1.82, 2.24) is 9.55 Å². The van der Waals surface area contributed by atoms with Crippen LogP contribution in [0, 0.1) is 4.77 Å². The van der Waals surface area contributed by atoms with Crippen molar-refractivity contribution in [1.29, 1.82) is 0 Å². The van der Waals surface area contributed by atoms with Gasteiger partial charge in [0.05, 0.1) is 12.3 Å². The minimum Gasteiger partial charge on any atom is -0.477 e. The maximum absolute atomic E-state index is 5.45. The topological polar surface area (TPSA) is 56.0 Å². The van der Waals surface area contributed by atoms with Gasteiger partial charge in [-0.2, -0.15) is 0 Å². The molecule has 0 amide bonds. The van der Waals surface area contributed by atoms with E-state index in [1.165, 1.54) is 0 Å². The number of aromatic amines is 1. The van der Waals surface area contributed by atoms with Gasteiger partial charge in [-0.3, -0.25) is 4.57 Å². The lowest BCUT2D eigenvalue weighted by Gasteiger charge is -2.03. The van der Waals surface area contributed by atoms with Gasteiger partial charge in [-0.05, 0) is 12.2 Å². The smallest absolute Gasteiger partial charge is 0.215 e. The van der Waals surface area contributed by atoms with E-state index in [4.69, 9.17) is 22.7 Å². The highest BCUT2D eigenvalue weighted by atomic mass is 32.1. The third kappa shape index (κ3) is 1.05. The molecule has 4 nitrogen and oxygen atoms in total. The van der Waals surface area contributed by atoms with Crippen LogP contribution >= 0.6 is 12.2 Å². The molecule has 0 aromatic carbocycles. The zero-order valence-corrected chi connectivity index (χ0v) is 7.49. The van der Waals surface area contributed by atoms with Crippen molar-refractivity contribution in [2.75, 3.05) is 13.2 Å². The molecule has 1 aromatic rings. The quantitative estimate of drug-likeness (QED) is 0.657. The van der Waals surface area contributed by atoms with Crippen molar-refractivity contribution in [3.63, 3.8) is 0 Å². The number of aromatic nitrogens is 2. The van der Waals surface area contributed by atoms with Gasteiger partial charge in [0.1, 0.15) is 0 Å². The van der Waals surface area contributed by atoms with Crippen molar-refractivity contribution in [2.45, 2.75) is 13.0 Å². The maximum Gasteiger partial charge on any atom is 0.215 e. The number of H-pyrrole nitrogens is 1. The largest absolute Gasteiger partial charge is 0.477 e. The number of nitrogens with zero attached hydrogens (tertiary/aromatic N) is 1. The van der Waals surface area contributed by atoms with Crippen molar-refractivity contribution >= 4 is 12.2 Å². The highest BCUT2D eigenvalue weighted by molar-refractivity contribution is 7.71. The molecule has 0 radical (unpaired) electrons. The van der Waals surface area contributed by atoms with Crippen LogP contribution in [-0.2, 0) is 13.0 Å². The van der Waals surface area contributed by atoms with E-state index < -0.39 is 0 Å². The summed E-state index contributed by atoms with van der Waals surface area (Å²) in [6.45, 7) is 2.06. The molecule has 0 bridgehead atoms. The van der Waals surface area contributed by atoms with Gasteiger partial charge in [-0.15, -0.1) is 0 Å². The summed E-state index contributed by atoms with van der Waals surface area (Å²) in [6.07, 6.45) is 0.927. The average Bonchev–Trinajstić information content (AvgIpc) is 2.56. The zero-order chi connectivity index (χ0) is 8.55. The first-order chi connectivity index (χ1) is 5.83. The van der Waals surface area contributed by atoms with E-state index >= 15 is 0 Å². The molecule has 1 aliphatic heterocycles. The van der Waals surface area contributed by atoms with E-state index in [-0.39, 0.29) is 0 Å². The third-order valence-electron chi connectivity index (χ3n) is 1.95. The predicted octanol–water partition coefficient (Wildman–Crippen LogP) is 0.439. The number of fused-ring (bicyclic) bond motifs is 1. The molecule has 5 heteroatoms. The second kappa shape index (κ2) is 2.91. The summed E-state index contributed by atoms with van der Waals surface area (Å²) in [4.78, 5) is 3.11. The van der Waals surface area contributed by atoms with Crippen molar-refractivity contribution in [2.24, 2.45) is 5.73 Å². The second-order valence-corrected chi connectivity index (χ2v) is 3.14. The summed E-state index contributed by atoms with van der Waals surface area (Å²) in [5, 5.41) is 0. The van der Waals surface area contributed by atoms with E-state index in [1.807, 2.05) is 4.57 Å². The molecule has 0 unspecified atom stereocenters. The lowest BCUT2D eigenvalue weighted by atomic mass is 10.4. The number of nitrogens with one attached hydrogen (secondary N) is 1. The Morgan fingerprint density at radius 3 is 3.25 bits per heavy atom. The van der Waals surface area contributed by atoms with Gasteiger partial charge in [0.2, 0.25) is 5.88 Å². The summed E-state index contributed by atoms with van der Waals surface area (Å²) in [5.74, 6) is 0.880. The first-order valence-electron chi connectivity index (χ1n) is 3.97. The van der Waals surface area contributed by atoms with Crippen molar-refractivity contribution in [3.8, 4) is 5.88 Å². The van der Waals surface area contributed by atoms with Crippen molar-refractivity contribution < 1.29 is 4.74 Å². The van der Waals surface area contributed by atoms with Gasteiger partial charge >= 0.3 is 0 Å². The Kier molecular flexibility index (Phi) is 1.90. The molecule has 2 rings (SSSR count). The first-order valence-corrected chi connectivity index (χ1v) is 4.38. The fourth-order valence-corrected chi connectivity index (χ4v) is 1.72. The number of imidazole rings is 1. The molecule has 0 aliphatic carbocycles. The van der Waals surface area contributed by atoms with Gasteiger partial charge in [0, 0.05) is 19.5 Å². The van der Waals surface area contributed by atoms with Gasteiger partial charge in [-0.1, -0.05) is 0 Å². The summed E-state index contributed by atoms with van der Waals surface area (Å²) >= 11 is 5.10. The van der Waals surface area contributed by atoms with Crippen molar-refractivity contribution in [3.05, 3.63) is 10.5 Å². The normalized spacial score (nSPS) is 14.4. The molecule has 0 fully saturated rings. The monoisotopic (exact) mass is 185 g/mol. The molecule has 3 N–H and O–H groups in total. The van der Waals surface area contributed by atoms with Crippen LogP contribution in [0.25, 0.3) is 0 Å². The van der Waals surface area contributed by atoms with E-state index in [9.17, 15) is 0 Å². The predicted molar refractivity (Wildman–Crippen MR) is 47.9 cm³/mol. The van der Waals surface area contributed by atoms with E-state index in [1.54, 1.807) is 0 Å². The highest BCUT2D eigenvalue weighted by Crippen LogP contribution is 2.24. The minimum atomic E-state index is 0.585. The lowest BCUT2D eigenvalue weighted by Crippen LogP contribution is -2.11. The molecule has 66 valence electrons. The van der Waals surface area contributed by atoms with Crippen LogP contribution < -0.4 is 10.5 Å². The Bertz CT molecular complexity index is 341. The molecule has 0 atom stereocenters. The third-order valence-corrected chi connectivity index (χ3v) is 2.27. The molecule has 0 spiro atoms. The summed E-state index contributed by atoms with van der Waals surface area (Å²) < 4.78 is 8.04. The Morgan fingerprint density at radius 2 is 2.50 bits per heavy atom. The van der Waals surface area contributed by atoms with Gasteiger partial charge in [-0.25, -0.2) is 0 Å². The van der Waals surface area contributed by atoms with E-state index in [0.717, 1.165) is 31.1 Å². The lowest BCUT2D eigenvalue weighted by molar-refractivity contribution is 0.325. The molecule has 0 saturated heterocycles. The summed E-state index contributed by atoms with van der Waals surface area (Å²) in [6, 6.07) is 0. The van der Waals surface area contributed by atoms with Crippen LogP contribution in [0.1, 0.15) is 5.69 Å².